The van der Waals surface area contributed by atoms with Gasteiger partial charge in [-0.05, 0) is 24.3 Å². The average molecular weight is 644 g/mol. The van der Waals surface area contributed by atoms with Crippen molar-refractivity contribution in [2.24, 2.45) is 0 Å². The van der Waals surface area contributed by atoms with Crippen molar-refractivity contribution in [1.29, 1.82) is 0 Å². The second-order valence-corrected chi connectivity index (χ2v) is 10.2. The van der Waals surface area contributed by atoms with Crippen LogP contribution in [0.3, 0.4) is 0 Å². The van der Waals surface area contributed by atoms with Crippen LogP contribution < -0.4 is 25.5 Å². The van der Waals surface area contributed by atoms with E-state index in [0.717, 1.165) is 24.3 Å². The third kappa shape index (κ3) is 4.69. The highest BCUT2D eigenvalue weighted by Crippen LogP contribution is 2.46. The van der Waals surface area contributed by atoms with Gasteiger partial charge in [0, 0.05) is 10.8 Å². The summed E-state index contributed by atoms with van der Waals surface area (Å²) in [5, 5.41) is 70.6. The quantitative estimate of drug-likeness (QED) is 0.0546. The number of benzene rings is 3. The Labute approximate surface area is 254 Å². The summed E-state index contributed by atoms with van der Waals surface area (Å²) in [6.45, 7) is -0.739. The number of hydrogen-bond donors (Lipinski definition) is 7. The lowest BCUT2D eigenvalue weighted by molar-refractivity contribution is -0.277. The zero-order valence-corrected chi connectivity index (χ0v) is 23.6. The molecular weight excluding hydrogens is 620 g/mol. The third-order valence-electron chi connectivity index (χ3n) is 7.50. The number of hydrogen-bond acceptors (Lipinski definition) is 17. The molecule has 0 saturated carbocycles. The van der Waals surface area contributed by atoms with Gasteiger partial charge in [0.2, 0.25) is 17.8 Å². The van der Waals surface area contributed by atoms with Crippen molar-refractivity contribution in [2.45, 2.75) is 30.7 Å². The number of esters is 1. The van der Waals surface area contributed by atoms with Crippen LogP contribution in [0.1, 0.15) is 10.4 Å². The molecule has 2 aromatic heterocycles. The van der Waals surface area contributed by atoms with Gasteiger partial charge >= 0.3 is 17.2 Å². The van der Waals surface area contributed by atoms with Crippen molar-refractivity contribution in [3.05, 3.63) is 50.7 Å². The molecule has 46 heavy (non-hydrogen) atoms. The fourth-order valence-electron chi connectivity index (χ4n) is 5.27. The van der Waals surface area contributed by atoms with E-state index in [9.17, 15) is 50.1 Å². The van der Waals surface area contributed by atoms with Crippen molar-refractivity contribution in [3.8, 4) is 40.2 Å². The van der Waals surface area contributed by atoms with Crippen molar-refractivity contribution in [2.75, 3.05) is 20.8 Å². The van der Waals surface area contributed by atoms with Gasteiger partial charge in [-0.15, -0.1) is 0 Å². The summed E-state index contributed by atoms with van der Waals surface area (Å²) in [6.07, 6.45) is -8.97. The van der Waals surface area contributed by atoms with E-state index >= 15 is 0 Å². The second-order valence-electron chi connectivity index (χ2n) is 10.2. The summed E-state index contributed by atoms with van der Waals surface area (Å²) in [5.41, 5.74) is -2.82. The molecule has 242 valence electrons. The summed E-state index contributed by atoms with van der Waals surface area (Å²) in [6, 6.07) is 3.85. The molecule has 6 rings (SSSR count). The van der Waals surface area contributed by atoms with Crippen molar-refractivity contribution in [3.63, 3.8) is 0 Å². The molecule has 0 unspecified atom stereocenters. The number of carbonyl (C=O) groups is 1. The normalized spacial score (nSPS) is 21.5. The molecule has 0 bridgehead atoms. The van der Waals surface area contributed by atoms with Crippen LogP contribution in [-0.2, 0) is 9.47 Å². The van der Waals surface area contributed by atoms with E-state index in [1.165, 1.54) is 14.2 Å². The predicted molar refractivity (Wildman–Crippen MR) is 151 cm³/mol. The van der Waals surface area contributed by atoms with E-state index in [0.29, 0.717) is 0 Å². The monoisotopic (exact) mass is 644 g/mol. The Bertz CT molecular complexity index is 2090. The Balaban J connectivity index is 1.36. The molecule has 17 nitrogen and oxygen atoms in total. The highest BCUT2D eigenvalue weighted by Gasteiger charge is 2.46. The maximum Gasteiger partial charge on any atom is 0.344 e. The minimum Gasteiger partial charge on any atom is -0.504 e. The summed E-state index contributed by atoms with van der Waals surface area (Å²) in [5.74, 6) is -4.89. The first kappa shape index (κ1) is 30.5. The predicted octanol–water partition coefficient (Wildman–Crippen LogP) is 0.373. The molecule has 1 aliphatic heterocycles. The molecule has 0 aliphatic carbocycles. The Morgan fingerprint density at radius 3 is 1.91 bits per heavy atom. The first-order chi connectivity index (χ1) is 21.9. The molecule has 0 spiro atoms. The molecule has 3 heterocycles. The lowest BCUT2D eigenvalue weighted by Gasteiger charge is -2.40. The first-order valence-electron chi connectivity index (χ1n) is 13.3. The van der Waals surface area contributed by atoms with Crippen LogP contribution in [-0.4, -0.2) is 93.2 Å². The zero-order valence-electron chi connectivity index (χ0n) is 23.6. The summed E-state index contributed by atoms with van der Waals surface area (Å²) in [7, 11) is 2.41. The van der Waals surface area contributed by atoms with Crippen LogP contribution >= 0.6 is 0 Å². The van der Waals surface area contributed by atoms with Gasteiger partial charge in [-0.25, -0.2) is 14.4 Å². The maximum atomic E-state index is 13.1. The number of phenolic OH excluding ortho intramolecular Hbond substituents is 4. The Hall–Kier alpha value is -5.49. The molecule has 0 amide bonds. The summed E-state index contributed by atoms with van der Waals surface area (Å²) >= 11 is 0. The van der Waals surface area contributed by atoms with Gasteiger partial charge in [0.25, 0.3) is 0 Å². The van der Waals surface area contributed by atoms with Crippen molar-refractivity contribution >= 4 is 38.7 Å². The number of phenols is 4. The largest absolute Gasteiger partial charge is 0.504 e. The van der Waals surface area contributed by atoms with Gasteiger partial charge in [-0.3, -0.25) is 0 Å². The number of aliphatic hydroxyl groups is 3. The van der Waals surface area contributed by atoms with E-state index in [4.69, 9.17) is 32.5 Å². The number of methoxy groups -OCH3 is 2. The minimum atomic E-state index is -1.92. The Morgan fingerprint density at radius 2 is 1.33 bits per heavy atom. The van der Waals surface area contributed by atoms with E-state index in [1.807, 2.05) is 0 Å². The van der Waals surface area contributed by atoms with E-state index in [-0.39, 0.29) is 55.5 Å². The molecule has 3 aromatic carbocycles. The van der Waals surface area contributed by atoms with Gasteiger partial charge in [0.15, 0.2) is 39.9 Å². The first-order valence-corrected chi connectivity index (χ1v) is 13.3. The Morgan fingerprint density at radius 1 is 0.761 bits per heavy atom. The SMILES string of the molecule is COc1c(O)cc2c(=O)oc3c(OC)c(O[C@@H]4O[C@H](COC(=O)c5cc(O)c(O)c(O)c5)[C@H](O)[C@H](O)[C@H]4O)cc4c(=O)oc1c2c34. The molecule has 0 radical (unpaired) electrons. The highest BCUT2D eigenvalue weighted by molar-refractivity contribution is 6.22. The second kappa shape index (κ2) is 11.1. The average Bonchev–Trinajstić information content (AvgIpc) is 3.02. The van der Waals surface area contributed by atoms with Crippen LogP contribution in [0.25, 0.3) is 32.7 Å². The van der Waals surface area contributed by atoms with E-state index in [1.54, 1.807) is 0 Å². The topological polar surface area (TPSA) is 265 Å². The summed E-state index contributed by atoms with van der Waals surface area (Å²) in [4.78, 5) is 38.6. The molecule has 17 heteroatoms. The maximum absolute atomic E-state index is 13.1. The molecule has 1 saturated heterocycles. The number of aliphatic hydroxyl groups excluding tert-OH is 3. The number of aromatic hydroxyl groups is 4. The van der Waals surface area contributed by atoms with Gasteiger partial charge in [-0.1, -0.05) is 0 Å². The molecule has 7 N–H and O–H groups in total. The smallest absolute Gasteiger partial charge is 0.344 e. The molecule has 1 aliphatic rings. The fraction of sp³-hybridized carbons (Fsp3) is 0.276. The molecular formula is C29H24O17. The third-order valence-corrected chi connectivity index (χ3v) is 7.50. The fourth-order valence-corrected chi connectivity index (χ4v) is 5.27. The van der Waals surface area contributed by atoms with Crippen molar-refractivity contribution < 1.29 is 73.1 Å². The van der Waals surface area contributed by atoms with Crippen LogP contribution in [0, 0.1) is 0 Å². The Kier molecular flexibility index (Phi) is 7.40. The van der Waals surface area contributed by atoms with Gasteiger partial charge in [0.1, 0.15) is 31.0 Å². The molecule has 5 atom stereocenters. The lowest BCUT2D eigenvalue weighted by atomic mass is 9.99. The van der Waals surface area contributed by atoms with Crippen LogP contribution in [0.2, 0.25) is 0 Å². The molecule has 5 aromatic rings. The zero-order chi connectivity index (χ0) is 33.2. The number of carbonyl (C=O) groups excluding carboxylic acids is 1. The number of rotatable bonds is 7. The van der Waals surface area contributed by atoms with Gasteiger partial charge in [0.05, 0.1) is 30.6 Å². The van der Waals surface area contributed by atoms with E-state index in [2.05, 4.69) is 0 Å². The van der Waals surface area contributed by atoms with Gasteiger partial charge in [-0.2, -0.15) is 0 Å². The lowest BCUT2D eigenvalue weighted by Crippen LogP contribution is -2.60. The van der Waals surface area contributed by atoms with Crippen LogP contribution in [0.5, 0.6) is 40.2 Å². The van der Waals surface area contributed by atoms with E-state index < -0.39 is 77.5 Å². The molecule has 1 fully saturated rings. The van der Waals surface area contributed by atoms with Gasteiger partial charge < -0.3 is 68.3 Å². The van der Waals surface area contributed by atoms with Crippen LogP contribution in [0.15, 0.2) is 42.7 Å². The summed E-state index contributed by atoms with van der Waals surface area (Å²) < 4.78 is 37.9. The number of ether oxygens (including phenoxy) is 5. The standard InChI is InChI=1S/C29H24O17/c1-40-22-13(32)5-9-16-17-10(28(39)45-24(16)22)6-14(23(41-2)25(17)46-27(9)38)43-29-21(36)20(35)19(34)15(44-29)7-42-26(37)8-3-11(30)18(33)12(31)4-8/h3-6,15,19-21,29-36H,7H2,1-2H3/t15-,19+,20+,21-,29-/m1/s1. The highest BCUT2D eigenvalue weighted by atomic mass is 16.7. The van der Waals surface area contributed by atoms with Crippen molar-refractivity contribution in [1.82, 2.24) is 0 Å². The minimum absolute atomic E-state index is 0.0556. The van der Waals surface area contributed by atoms with Crippen LogP contribution in [0.4, 0.5) is 0 Å².